The van der Waals surface area contributed by atoms with Crippen LogP contribution in [0.2, 0.25) is 0 Å². The largest absolute Gasteiger partial charge is 0.490 e. The summed E-state index contributed by atoms with van der Waals surface area (Å²) in [7, 11) is 1.25. The topological polar surface area (TPSA) is 65.0 Å². The van der Waals surface area contributed by atoms with Crippen molar-refractivity contribution < 1.29 is 50.5 Å². The Balaban J connectivity index is 2.02. The molecule has 0 aliphatic carbocycles. The van der Waals surface area contributed by atoms with E-state index in [-0.39, 0.29) is 25.4 Å². The summed E-state index contributed by atoms with van der Waals surface area (Å²) in [5, 5.41) is 9.44. The van der Waals surface area contributed by atoms with Crippen molar-refractivity contribution in [1.29, 1.82) is 0 Å². The van der Waals surface area contributed by atoms with E-state index in [1.807, 2.05) is 0 Å². The summed E-state index contributed by atoms with van der Waals surface area (Å²) in [6.45, 7) is -0.296. The summed E-state index contributed by atoms with van der Waals surface area (Å²) in [5.41, 5.74) is -5.83. The normalized spacial score (nSPS) is 12.4. The number of ether oxygens (including phenoxy) is 3. The molecular weight excluding hydrogens is 434 g/mol. The van der Waals surface area contributed by atoms with Crippen LogP contribution in [0.25, 0.3) is 0 Å². The molecule has 11 heteroatoms. The van der Waals surface area contributed by atoms with E-state index in [1.54, 1.807) is 24.3 Å². The van der Waals surface area contributed by atoms with Crippen LogP contribution in [0, 0.1) is 0 Å². The molecule has 31 heavy (non-hydrogen) atoms. The molecule has 0 amide bonds. The minimum atomic E-state index is -5.98. The van der Waals surface area contributed by atoms with Crippen molar-refractivity contribution in [1.82, 2.24) is 0 Å². The summed E-state index contributed by atoms with van der Waals surface area (Å²) >= 11 is 0. The van der Waals surface area contributed by atoms with Crippen LogP contribution in [-0.2, 0) is 21.6 Å². The van der Waals surface area contributed by atoms with Crippen molar-refractivity contribution in [3.8, 4) is 11.5 Å². The Hall–Kier alpha value is -2.95. The molecular formula is C20H18F6O5. The maximum Gasteiger partial charge on any atom is 0.430 e. The molecule has 0 atom stereocenters. The first-order chi connectivity index (χ1) is 14.4. The Morgan fingerprint density at radius 2 is 1.39 bits per heavy atom. The van der Waals surface area contributed by atoms with Crippen molar-refractivity contribution in [2.45, 2.75) is 24.4 Å². The third kappa shape index (κ3) is 5.81. The molecule has 0 saturated carbocycles. The second-order valence-corrected chi connectivity index (χ2v) is 6.33. The lowest BCUT2D eigenvalue weighted by Gasteiger charge is -2.32. The quantitative estimate of drug-likeness (QED) is 0.370. The lowest BCUT2D eigenvalue weighted by molar-refractivity contribution is -0.376. The van der Waals surface area contributed by atoms with E-state index in [1.165, 1.54) is 7.11 Å². The van der Waals surface area contributed by atoms with Gasteiger partial charge in [0.05, 0.1) is 13.5 Å². The first-order valence-electron chi connectivity index (χ1n) is 8.76. The molecule has 0 heterocycles. The Kier molecular flexibility index (Phi) is 7.42. The molecule has 0 radical (unpaired) electrons. The number of carbonyl (C=O) groups excluding carboxylic acids is 1. The van der Waals surface area contributed by atoms with Crippen molar-refractivity contribution in [3.05, 3.63) is 59.7 Å². The molecule has 0 fully saturated rings. The second kappa shape index (κ2) is 9.46. The van der Waals surface area contributed by atoms with Gasteiger partial charge in [-0.1, -0.05) is 24.3 Å². The standard InChI is InChI=1S/C20H18F6O5/c1-29-17(27)11-13-4-2-6-15(10-13)30-8-9-31-16-7-3-5-14(12-16)18(28,19(21,22)23)20(24,25)26/h2-7,10,12,28H,8-9,11H2,1H3. The molecule has 2 aromatic rings. The Morgan fingerprint density at radius 3 is 1.90 bits per heavy atom. The molecule has 0 bridgehead atoms. The highest BCUT2D eigenvalue weighted by Crippen LogP contribution is 2.50. The predicted octanol–water partition coefficient (Wildman–Crippen LogP) is 4.17. The van der Waals surface area contributed by atoms with E-state index in [4.69, 9.17) is 9.47 Å². The van der Waals surface area contributed by atoms with E-state index in [9.17, 15) is 36.2 Å². The first kappa shape index (κ1) is 24.3. The number of carbonyl (C=O) groups is 1. The van der Waals surface area contributed by atoms with Gasteiger partial charge >= 0.3 is 18.3 Å². The van der Waals surface area contributed by atoms with Gasteiger partial charge in [0.1, 0.15) is 24.7 Å². The van der Waals surface area contributed by atoms with Gasteiger partial charge in [0.15, 0.2) is 0 Å². The minimum Gasteiger partial charge on any atom is -0.490 e. The van der Waals surface area contributed by atoms with Gasteiger partial charge in [-0.15, -0.1) is 0 Å². The maximum atomic E-state index is 13.0. The highest BCUT2D eigenvalue weighted by Gasteiger charge is 2.71. The number of rotatable bonds is 8. The van der Waals surface area contributed by atoms with Crippen LogP contribution in [-0.4, -0.2) is 43.8 Å². The molecule has 2 aromatic carbocycles. The first-order valence-corrected chi connectivity index (χ1v) is 8.76. The number of benzene rings is 2. The average Bonchev–Trinajstić information content (AvgIpc) is 2.69. The molecule has 5 nitrogen and oxygen atoms in total. The highest BCUT2D eigenvalue weighted by atomic mass is 19.4. The summed E-state index contributed by atoms with van der Waals surface area (Å²) in [4.78, 5) is 11.3. The Morgan fingerprint density at radius 1 is 0.871 bits per heavy atom. The lowest BCUT2D eigenvalue weighted by atomic mass is 9.92. The van der Waals surface area contributed by atoms with Crippen molar-refractivity contribution in [2.24, 2.45) is 0 Å². The number of hydrogen-bond acceptors (Lipinski definition) is 5. The van der Waals surface area contributed by atoms with Crippen molar-refractivity contribution in [2.75, 3.05) is 20.3 Å². The zero-order valence-corrected chi connectivity index (χ0v) is 16.1. The minimum absolute atomic E-state index is 0.0261. The molecule has 0 spiro atoms. The summed E-state index contributed by atoms with van der Waals surface area (Å²) < 4.78 is 93.0. The van der Waals surface area contributed by atoms with Crippen LogP contribution in [0.5, 0.6) is 11.5 Å². The van der Waals surface area contributed by atoms with E-state index in [2.05, 4.69) is 4.74 Å². The van der Waals surface area contributed by atoms with Gasteiger partial charge < -0.3 is 19.3 Å². The molecule has 170 valence electrons. The zero-order chi connectivity index (χ0) is 23.3. The van der Waals surface area contributed by atoms with Crippen molar-refractivity contribution >= 4 is 5.97 Å². The number of hydrogen-bond donors (Lipinski definition) is 1. The van der Waals surface area contributed by atoms with E-state index >= 15 is 0 Å². The summed E-state index contributed by atoms with van der Waals surface area (Å²) in [6.07, 6.45) is -11.9. The summed E-state index contributed by atoms with van der Waals surface area (Å²) in [5.74, 6) is -0.382. The number of esters is 1. The van der Waals surface area contributed by atoms with Gasteiger partial charge in [0.25, 0.3) is 5.60 Å². The fourth-order valence-electron chi connectivity index (χ4n) is 2.60. The number of aliphatic hydroxyl groups is 1. The fraction of sp³-hybridized carbons (Fsp3) is 0.350. The van der Waals surface area contributed by atoms with Crippen LogP contribution < -0.4 is 9.47 Å². The van der Waals surface area contributed by atoms with Crippen molar-refractivity contribution in [3.63, 3.8) is 0 Å². The van der Waals surface area contributed by atoms with E-state index in [0.717, 1.165) is 12.1 Å². The van der Waals surface area contributed by atoms with Gasteiger partial charge in [-0.3, -0.25) is 4.79 Å². The van der Waals surface area contributed by atoms with Gasteiger partial charge in [0.2, 0.25) is 0 Å². The van der Waals surface area contributed by atoms with E-state index < -0.39 is 29.5 Å². The summed E-state index contributed by atoms with van der Waals surface area (Å²) in [6, 6.07) is 9.51. The molecule has 0 saturated heterocycles. The number of halogens is 6. The van der Waals surface area contributed by atoms with Crippen LogP contribution in [0.3, 0.4) is 0 Å². The average molecular weight is 452 g/mol. The van der Waals surface area contributed by atoms with Crippen LogP contribution in [0.1, 0.15) is 11.1 Å². The predicted molar refractivity (Wildman–Crippen MR) is 95.6 cm³/mol. The monoisotopic (exact) mass is 452 g/mol. The molecule has 0 aliphatic rings. The molecule has 2 rings (SSSR count). The smallest absolute Gasteiger partial charge is 0.430 e. The molecule has 0 unspecified atom stereocenters. The Labute approximate surface area is 173 Å². The van der Waals surface area contributed by atoms with E-state index in [0.29, 0.717) is 23.4 Å². The van der Waals surface area contributed by atoms with Gasteiger partial charge in [-0.25, -0.2) is 0 Å². The maximum absolute atomic E-state index is 13.0. The van der Waals surface area contributed by atoms with Crippen LogP contribution in [0.15, 0.2) is 48.5 Å². The third-order valence-electron chi connectivity index (χ3n) is 4.17. The third-order valence-corrected chi connectivity index (χ3v) is 4.17. The highest BCUT2D eigenvalue weighted by molar-refractivity contribution is 5.72. The fourth-order valence-corrected chi connectivity index (χ4v) is 2.60. The molecule has 0 aromatic heterocycles. The van der Waals surface area contributed by atoms with Crippen LogP contribution >= 0.6 is 0 Å². The second-order valence-electron chi connectivity index (χ2n) is 6.33. The SMILES string of the molecule is COC(=O)Cc1cccc(OCCOc2cccc(C(O)(C(F)(F)F)C(F)(F)F)c2)c1. The van der Waals surface area contributed by atoms with Crippen LogP contribution in [0.4, 0.5) is 26.3 Å². The van der Waals surface area contributed by atoms with Gasteiger partial charge in [0, 0.05) is 5.56 Å². The molecule has 1 N–H and O–H groups in total. The number of methoxy groups -OCH3 is 1. The molecule has 0 aliphatic heterocycles. The van der Waals surface area contributed by atoms with Gasteiger partial charge in [-0.05, 0) is 29.8 Å². The number of alkyl halides is 6. The van der Waals surface area contributed by atoms with Gasteiger partial charge in [-0.2, -0.15) is 26.3 Å². The Bertz CT molecular complexity index is 880. The lowest BCUT2D eigenvalue weighted by Crippen LogP contribution is -2.53. The zero-order valence-electron chi connectivity index (χ0n) is 16.1.